The van der Waals surface area contributed by atoms with Gasteiger partial charge in [0.1, 0.15) is 6.33 Å². The molecule has 0 saturated carbocycles. The number of aromatic amines is 1. The van der Waals surface area contributed by atoms with Crippen molar-refractivity contribution in [2.75, 3.05) is 0 Å². The Morgan fingerprint density at radius 3 is 2.81 bits per heavy atom. The molecule has 0 spiro atoms. The second-order valence-electron chi connectivity index (χ2n) is 4.14. The Hall–Kier alpha value is -1.23. The molecule has 0 atom stereocenters. The quantitative estimate of drug-likeness (QED) is 0.825. The minimum absolute atomic E-state index is 0.803. The molecule has 1 N–H and O–H groups in total. The predicted octanol–water partition coefficient (Wildman–Crippen LogP) is 2.59. The molecule has 84 valence electrons. The Labute approximate surface area is 98.1 Å². The van der Waals surface area contributed by atoms with Crippen LogP contribution in [0.5, 0.6) is 0 Å². The van der Waals surface area contributed by atoms with Crippen LogP contribution >= 0.6 is 11.3 Å². The molecule has 0 bridgehead atoms. The van der Waals surface area contributed by atoms with Crippen molar-refractivity contribution in [1.29, 1.82) is 0 Å². The molecule has 1 aliphatic rings. The SMILES string of the molecule is c1n[nH]c(-c2nc3c(s2)CCCCCC3)n1. The number of hydrogen-bond donors (Lipinski definition) is 1. The fraction of sp³-hybridized carbons (Fsp3) is 0.545. The van der Waals surface area contributed by atoms with Crippen molar-refractivity contribution in [2.24, 2.45) is 0 Å². The Morgan fingerprint density at radius 2 is 2.00 bits per heavy atom. The molecule has 0 radical (unpaired) electrons. The highest BCUT2D eigenvalue weighted by atomic mass is 32.1. The van der Waals surface area contributed by atoms with Crippen LogP contribution in [0.4, 0.5) is 0 Å². The molecular formula is C11H14N4S. The van der Waals surface area contributed by atoms with Crippen LogP contribution in [0.25, 0.3) is 10.8 Å². The first-order valence-corrected chi connectivity index (χ1v) is 6.59. The van der Waals surface area contributed by atoms with E-state index in [0.717, 1.165) is 17.3 Å². The van der Waals surface area contributed by atoms with E-state index in [1.807, 2.05) is 0 Å². The lowest BCUT2D eigenvalue weighted by atomic mass is 10.0. The summed E-state index contributed by atoms with van der Waals surface area (Å²) < 4.78 is 0. The molecule has 2 aromatic rings. The van der Waals surface area contributed by atoms with Crippen LogP contribution < -0.4 is 0 Å². The molecule has 0 amide bonds. The van der Waals surface area contributed by atoms with Gasteiger partial charge < -0.3 is 0 Å². The zero-order valence-corrected chi connectivity index (χ0v) is 9.89. The van der Waals surface area contributed by atoms with Crippen molar-refractivity contribution in [1.82, 2.24) is 20.2 Å². The van der Waals surface area contributed by atoms with Crippen LogP contribution in [0.15, 0.2) is 6.33 Å². The number of nitrogens with one attached hydrogen (secondary N) is 1. The molecule has 0 unspecified atom stereocenters. The van der Waals surface area contributed by atoms with E-state index in [-0.39, 0.29) is 0 Å². The third kappa shape index (κ3) is 1.87. The number of aryl methyl sites for hydroxylation is 2. The summed E-state index contributed by atoms with van der Waals surface area (Å²) in [5.74, 6) is 0.803. The van der Waals surface area contributed by atoms with Gasteiger partial charge in [0.05, 0.1) is 5.69 Å². The van der Waals surface area contributed by atoms with Gasteiger partial charge in [-0.05, 0) is 25.7 Å². The third-order valence-electron chi connectivity index (χ3n) is 2.96. The van der Waals surface area contributed by atoms with E-state index in [0.29, 0.717) is 0 Å². The lowest BCUT2D eigenvalue weighted by Gasteiger charge is -2.06. The molecule has 3 rings (SSSR count). The third-order valence-corrected chi connectivity index (χ3v) is 4.13. The van der Waals surface area contributed by atoms with E-state index in [1.165, 1.54) is 49.0 Å². The number of aromatic nitrogens is 4. The van der Waals surface area contributed by atoms with E-state index >= 15 is 0 Å². The summed E-state index contributed by atoms with van der Waals surface area (Å²) in [6, 6.07) is 0. The predicted molar refractivity (Wildman–Crippen MR) is 63.4 cm³/mol. The van der Waals surface area contributed by atoms with E-state index < -0.39 is 0 Å². The van der Waals surface area contributed by atoms with Crippen molar-refractivity contribution in [3.8, 4) is 10.8 Å². The van der Waals surface area contributed by atoms with Gasteiger partial charge in [0.15, 0.2) is 10.8 Å². The van der Waals surface area contributed by atoms with Crippen molar-refractivity contribution in [3.05, 3.63) is 16.9 Å². The largest absolute Gasteiger partial charge is 0.257 e. The second-order valence-corrected chi connectivity index (χ2v) is 5.22. The maximum atomic E-state index is 4.68. The lowest BCUT2D eigenvalue weighted by molar-refractivity contribution is 0.616. The van der Waals surface area contributed by atoms with Gasteiger partial charge >= 0.3 is 0 Å². The monoisotopic (exact) mass is 234 g/mol. The van der Waals surface area contributed by atoms with E-state index in [1.54, 1.807) is 11.3 Å². The summed E-state index contributed by atoms with van der Waals surface area (Å²) in [5.41, 5.74) is 1.29. The highest BCUT2D eigenvalue weighted by Crippen LogP contribution is 2.29. The van der Waals surface area contributed by atoms with Crippen molar-refractivity contribution in [2.45, 2.75) is 38.5 Å². The zero-order valence-electron chi connectivity index (χ0n) is 9.07. The fourth-order valence-corrected chi connectivity index (χ4v) is 3.21. The van der Waals surface area contributed by atoms with Crippen LogP contribution in [-0.2, 0) is 12.8 Å². The number of hydrogen-bond acceptors (Lipinski definition) is 4. The van der Waals surface area contributed by atoms with Gasteiger partial charge in [0.25, 0.3) is 0 Å². The summed E-state index contributed by atoms with van der Waals surface area (Å²) in [4.78, 5) is 10.3. The standard InChI is InChI=1S/C11H14N4S/c1-2-4-6-9-8(5-3-1)14-11(16-9)10-12-7-13-15-10/h7H,1-6H2,(H,12,13,15). The van der Waals surface area contributed by atoms with Crippen LogP contribution in [0.1, 0.15) is 36.3 Å². The molecule has 0 aromatic carbocycles. The summed E-state index contributed by atoms with van der Waals surface area (Å²) >= 11 is 1.77. The fourth-order valence-electron chi connectivity index (χ4n) is 2.12. The van der Waals surface area contributed by atoms with Crippen molar-refractivity contribution >= 4 is 11.3 Å². The van der Waals surface area contributed by atoms with E-state index in [2.05, 4.69) is 20.2 Å². The molecule has 1 aliphatic carbocycles. The van der Waals surface area contributed by atoms with Crippen LogP contribution in [0.2, 0.25) is 0 Å². The van der Waals surface area contributed by atoms with Gasteiger partial charge in [-0.3, -0.25) is 5.10 Å². The maximum absolute atomic E-state index is 4.68. The van der Waals surface area contributed by atoms with E-state index in [9.17, 15) is 0 Å². The average molecular weight is 234 g/mol. The van der Waals surface area contributed by atoms with Crippen molar-refractivity contribution < 1.29 is 0 Å². The minimum atomic E-state index is 0.803. The number of rotatable bonds is 1. The Bertz CT molecular complexity index is 435. The van der Waals surface area contributed by atoms with Gasteiger partial charge in [0.2, 0.25) is 0 Å². The highest BCUT2D eigenvalue weighted by Gasteiger charge is 2.15. The first-order chi connectivity index (χ1) is 7.93. The molecule has 5 heteroatoms. The summed E-state index contributed by atoms with van der Waals surface area (Å²) in [5, 5.41) is 7.74. The summed E-state index contributed by atoms with van der Waals surface area (Å²) in [6.07, 6.45) is 9.11. The second kappa shape index (κ2) is 4.33. The van der Waals surface area contributed by atoms with Crippen molar-refractivity contribution in [3.63, 3.8) is 0 Å². The smallest absolute Gasteiger partial charge is 0.184 e. The van der Waals surface area contributed by atoms with Crippen LogP contribution in [-0.4, -0.2) is 20.2 Å². The Morgan fingerprint density at radius 1 is 1.12 bits per heavy atom. The lowest BCUT2D eigenvalue weighted by Crippen LogP contribution is -1.96. The number of thiazole rings is 1. The van der Waals surface area contributed by atoms with Crippen LogP contribution in [0, 0.1) is 0 Å². The number of fused-ring (bicyclic) bond motifs is 1. The molecular weight excluding hydrogens is 220 g/mol. The Kier molecular flexibility index (Phi) is 2.70. The molecule has 2 heterocycles. The zero-order chi connectivity index (χ0) is 10.8. The summed E-state index contributed by atoms with van der Waals surface area (Å²) in [6.45, 7) is 0. The topological polar surface area (TPSA) is 54.5 Å². The normalized spacial score (nSPS) is 16.5. The molecule has 16 heavy (non-hydrogen) atoms. The molecule has 0 fully saturated rings. The first kappa shape index (κ1) is 9.96. The first-order valence-electron chi connectivity index (χ1n) is 5.78. The van der Waals surface area contributed by atoms with Gasteiger partial charge in [-0.25, -0.2) is 9.97 Å². The van der Waals surface area contributed by atoms with Crippen LogP contribution in [0.3, 0.4) is 0 Å². The maximum Gasteiger partial charge on any atom is 0.184 e. The van der Waals surface area contributed by atoms with Gasteiger partial charge in [0, 0.05) is 4.88 Å². The average Bonchev–Trinajstić information content (AvgIpc) is 2.86. The molecule has 4 nitrogen and oxygen atoms in total. The Balaban J connectivity index is 1.94. The highest BCUT2D eigenvalue weighted by molar-refractivity contribution is 7.15. The van der Waals surface area contributed by atoms with E-state index in [4.69, 9.17) is 0 Å². The molecule has 0 saturated heterocycles. The summed E-state index contributed by atoms with van der Waals surface area (Å²) in [7, 11) is 0. The molecule has 0 aliphatic heterocycles. The van der Waals surface area contributed by atoms with Gasteiger partial charge in [-0.2, -0.15) is 5.10 Å². The van der Waals surface area contributed by atoms with Gasteiger partial charge in [-0.15, -0.1) is 11.3 Å². The molecule has 2 aromatic heterocycles. The van der Waals surface area contributed by atoms with Gasteiger partial charge in [-0.1, -0.05) is 12.8 Å². The number of nitrogens with zero attached hydrogens (tertiary/aromatic N) is 3. The minimum Gasteiger partial charge on any atom is -0.257 e. The number of H-pyrrole nitrogens is 1.